The first kappa shape index (κ1) is 15.0. The summed E-state index contributed by atoms with van der Waals surface area (Å²) >= 11 is 2.48. The maximum Gasteiger partial charge on any atom is 0.0674 e. The van der Waals surface area contributed by atoms with Crippen molar-refractivity contribution in [3.05, 3.63) is 47.8 Å². The normalized spacial score (nSPS) is 23.4. The number of rotatable bonds is 3. The Morgan fingerprint density at radius 2 is 2.14 bits per heavy atom. The first-order chi connectivity index (χ1) is 10.2. The van der Waals surface area contributed by atoms with Gasteiger partial charge >= 0.3 is 0 Å². The van der Waals surface area contributed by atoms with Crippen LogP contribution in [0.3, 0.4) is 0 Å². The predicted octanol–water partition coefficient (Wildman–Crippen LogP) is 4.49. The molecule has 4 heteroatoms. The van der Waals surface area contributed by atoms with Crippen molar-refractivity contribution in [2.75, 3.05) is 6.54 Å². The Balaban J connectivity index is 1.81. The summed E-state index contributed by atoms with van der Waals surface area (Å²) in [6, 6.07) is 9.12. The van der Waals surface area contributed by atoms with Gasteiger partial charge in [0.05, 0.1) is 11.9 Å². The highest BCUT2D eigenvalue weighted by Crippen LogP contribution is 2.34. The Morgan fingerprint density at radius 1 is 1.33 bits per heavy atom. The van der Waals surface area contributed by atoms with E-state index in [0.29, 0.717) is 12.0 Å². The average molecular weight is 395 g/mol. The molecule has 1 aliphatic rings. The van der Waals surface area contributed by atoms with E-state index in [4.69, 9.17) is 0 Å². The van der Waals surface area contributed by atoms with Gasteiger partial charge in [0, 0.05) is 41.6 Å². The molecule has 0 spiro atoms. The van der Waals surface area contributed by atoms with Gasteiger partial charge < -0.3 is 0 Å². The number of aromatic nitrogens is 2. The molecular formula is C17H22IN3. The van der Waals surface area contributed by atoms with Crippen LogP contribution < -0.4 is 0 Å². The second-order valence-electron chi connectivity index (χ2n) is 5.91. The van der Waals surface area contributed by atoms with Crippen molar-refractivity contribution in [3.8, 4) is 5.69 Å². The molecule has 0 bridgehead atoms. The molecule has 3 rings (SSSR count). The van der Waals surface area contributed by atoms with Crippen molar-refractivity contribution < 1.29 is 0 Å². The zero-order valence-corrected chi connectivity index (χ0v) is 14.8. The molecule has 2 heterocycles. The minimum Gasteiger partial charge on any atom is -0.244 e. The molecule has 0 N–H and O–H groups in total. The molecule has 2 aromatic rings. The monoisotopic (exact) mass is 395 g/mol. The summed E-state index contributed by atoms with van der Waals surface area (Å²) in [6.45, 7) is 5.60. The van der Waals surface area contributed by atoms with Crippen molar-refractivity contribution >= 4 is 22.9 Å². The Hall–Kier alpha value is -0.880. The lowest BCUT2D eigenvalue weighted by Crippen LogP contribution is -2.34. The SMILES string of the molecule is CC[C@@H]1C[C@@H](c2cnn(-c3ccccc3C)c2)CCN1I. The molecule has 21 heavy (non-hydrogen) atoms. The largest absolute Gasteiger partial charge is 0.244 e. The van der Waals surface area contributed by atoms with Crippen LogP contribution in [0.2, 0.25) is 0 Å². The zero-order chi connectivity index (χ0) is 14.8. The molecule has 112 valence electrons. The summed E-state index contributed by atoms with van der Waals surface area (Å²) in [5.41, 5.74) is 3.84. The highest BCUT2D eigenvalue weighted by Gasteiger charge is 2.27. The van der Waals surface area contributed by atoms with Crippen LogP contribution in [-0.2, 0) is 0 Å². The van der Waals surface area contributed by atoms with Crippen molar-refractivity contribution in [1.82, 2.24) is 12.9 Å². The van der Waals surface area contributed by atoms with E-state index in [1.54, 1.807) is 0 Å². The minimum absolute atomic E-state index is 0.652. The van der Waals surface area contributed by atoms with Crippen LogP contribution >= 0.6 is 22.9 Å². The van der Waals surface area contributed by atoms with Crippen LogP contribution in [0.15, 0.2) is 36.7 Å². The van der Waals surface area contributed by atoms with E-state index in [1.807, 2.05) is 4.68 Å². The molecule has 2 atom stereocenters. The molecule has 1 aliphatic heterocycles. The van der Waals surface area contributed by atoms with E-state index in [-0.39, 0.29) is 0 Å². The average Bonchev–Trinajstić information content (AvgIpc) is 2.98. The quantitative estimate of drug-likeness (QED) is 0.564. The summed E-state index contributed by atoms with van der Waals surface area (Å²) in [5, 5.41) is 4.59. The van der Waals surface area contributed by atoms with E-state index in [0.717, 1.165) is 0 Å². The van der Waals surface area contributed by atoms with Gasteiger partial charge in [0.1, 0.15) is 0 Å². The maximum atomic E-state index is 4.59. The van der Waals surface area contributed by atoms with Gasteiger partial charge in [-0.15, -0.1) is 0 Å². The number of aryl methyl sites for hydroxylation is 1. The number of halogens is 1. The Labute approximate surface area is 140 Å². The standard InChI is InChI=1S/C17H22IN3/c1-3-16-10-14(8-9-20(16)18)15-11-19-21(12-15)17-7-5-4-6-13(17)2/h4-7,11-12,14,16H,3,8-10H2,1-2H3/t14-,16+/m0/s1. The zero-order valence-electron chi connectivity index (χ0n) is 12.7. The molecule has 3 nitrogen and oxygen atoms in total. The lowest BCUT2D eigenvalue weighted by molar-refractivity contribution is 0.265. The van der Waals surface area contributed by atoms with Gasteiger partial charge in [-0.1, -0.05) is 25.1 Å². The van der Waals surface area contributed by atoms with E-state index >= 15 is 0 Å². The van der Waals surface area contributed by atoms with Gasteiger partial charge in [-0.2, -0.15) is 5.10 Å². The Bertz CT molecular complexity index is 608. The summed E-state index contributed by atoms with van der Waals surface area (Å²) in [4.78, 5) is 0. The van der Waals surface area contributed by atoms with E-state index in [1.165, 1.54) is 42.6 Å². The summed E-state index contributed by atoms with van der Waals surface area (Å²) in [5.74, 6) is 0.652. The van der Waals surface area contributed by atoms with Crippen LogP contribution in [0.1, 0.15) is 43.2 Å². The van der Waals surface area contributed by atoms with E-state index < -0.39 is 0 Å². The van der Waals surface area contributed by atoms with Crippen molar-refractivity contribution in [1.29, 1.82) is 0 Å². The third-order valence-corrected chi connectivity index (χ3v) is 5.82. The maximum absolute atomic E-state index is 4.59. The number of hydrogen-bond donors (Lipinski definition) is 0. The molecule has 1 fully saturated rings. The second kappa shape index (κ2) is 6.48. The van der Waals surface area contributed by atoms with Gasteiger partial charge in [0.25, 0.3) is 0 Å². The van der Waals surface area contributed by atoms with Crippen molar-refractivity contribution in [3.63, 3.8) is 0 Å². The summed E-state index contributed by atoms with van der Waals surface area (Å²) in [7, 11) is 0. The van der Waals surface area contributed by atoms with Crippen LogP contribution in [0.4, 0.5) is 0 Å². The summed E-state index contributed by atoms with van der Waals surface area (Å²) in [6.07, 6.45) is 8.00. The van der Waals surface area contributed by atoms with Gasteiger partial charge in [-0.3, -0.25) is 0 Å². The predicted molar refractivity (Wildman–Crippen MR) is 95.1 cm³/mol. The number of benzene rings is 1. The fraction of sp³-hybridized carbons (Fsp3) is 0.471. The highest BCUT2D eigenvalue weighted by atomic mass is 127. The number of para-hydroxylation sites is 1. The van der Waals surface area contributed by atoms with Crippen LogP contribution in [-0.4, -0.2) is 25.5 Å². The van der Waals surface area contributed by atoms with Crippen LogP contribution in [0.25, 0.3) is 5.69 Å². The molecule has 1 aromatic carbocycles. The number of nitrogens with zero attached hydrogens (tertiary/aromatic N) is 3. The number of piperidine rings is 1. The molecular weight excluding hydrogens is 373 g/mol. The molecule has 0 aliphatic carbocycles. The molecule has 1 aromatic heterocycles. The van der Waals surface area contributed by atoms with Gasteiger partial charge in [0.15, 0.2) is 0 Å². The van der Waals surface area contributed by atoms with Crippen LogP contribution in [0, 0.1) is 6.92 Å². The number of hydrogen-bond acceptors (Lipinski definition) is 2. The smallest absolute Gasteiger partial charge is 0.0674 e. The van der Waals surface area contributed by atoms with Gasteiger partial charge in [0.2, 0.25) is 0 Å². The Morgan fingerprint density at radius 3 is 2.90 bits per heavy atom. The van der Waals surface area contributed by atoms with Gasteiger partial charge in [-0.05, 0) is 49.3 Å². The highest BCUT2D eigenvalue weighted by molar-refractivity contribution is 14.1. The molecule has 0 amide bonds. The Kier molecular flexibility index (Phi) is 4.64. The first-order valence-electron chi connectivity index (χ1n) is 7.72. The third kappa shape index (κ3) is 3.16. The fourth-order valence-electron chi connectivity index (χ4n) is 3.19. The van der Waals surface area contributed by atoms with Crippen molar-refractivity contribution in [2.45, 2.75) is 45.1 Å². The minimum atomic E-state index is 0.652. The van der Waals surface area contributed by atoms with E-state index in [9.17, 15) is 0 Å². The lowest BCUT2D eigenvalue weighted by atomic mass is 9.87. The van der Waals surface area contributed by atoms with Crippen LogP contribution in [0.5, 0.6) is 0 Å². The molecule has 0 unspecified atom stereocenters. The molecule has 0 radical (unpaired) electrons. The molecule has 1 saturated heterocycles. The van der Waals surface area contributed by atoms with Crippen molar-refractivity contribution in [2.24, 2.45) is 0 Å². The second-order valence-corrected chi connectivity index (χ2v) is 7.15. The first-order valence-corrected chi connectivity index (χ1v) is 8.68. The lowest BCUT2D eigenvalue weighted by Gasteiger charge is -2.34. The van der Waals surface area contributed by atoms with E-state index in [2.05, 4.69) is 81.6 Å². The fourth-order valence-corrected chi connectivity index (χ4v) is 4.09. The summed E-state index contributed by atoms with van der Waals surface area (Å²) < 4.78 is 4.50. The third-order valence-electron chi connectivity index (χ3n) is 4.55. The molecule has 0 saturated carbocycles. The van der Waals surface area contributed by atoms with Gasteiger partial charge in [-0.25, -0.2) is 7.80 Å². The topological polar surface area (TPSA) is 21.1 Å².